The third-order valence-electron chi connectivity index (χ3n) is 3.26. The predicted octanol–water partition coefficient (Wildman–Crippen LogP) is 3.91. The van der Waals surface area contributed by atoms with Crippen molar-refractivity contribution in [2.24, 2.45) is 0 Å². The van der Waals surface area contributed by atoms with Gasteiger partial charge in [-0.15, -0.1) is 11.3 Å². The lowest BCUT2D eigenvalue weighted by atomic mass is 10.1. The van der Waals surface area contributed by atoms with Gasteiger partial charge in [0.25, 0.3) is 0 Å². The van der Waals surface area contributed by atoms with E-state index in [0.717, 1.165) is 25.1 Å². The van der Waals surface area contributed by atoms with Gasteiger partial charge in [0, 0.05) is 34.1 Å². The summed E-state index contributed by atoms with van der Waals surface area (Å²) in [6.45, 7) is 7.45. The van der Waals surface area contributed by atoms with Gasteiger partial charge in [-0.3, -0.25) is 4.98 Å². The highest BCUT2D eigenvalue weighted by Gasteiger charge is 2.13. The SMILES string of the molecule is CCNC(Cc1ccc(CC)cn1)c1ccc(C)s1. The Morgan fingerprint density at radius 1 is 1.21 bits per heavy atom. The zero-order valence-electron chi connectivity index (χ0n) is 11.9. The Hall–Kier alpha value is -1.19. The van der Waals surface area contributed by atoms with E-state index >= 15 is 0 Å². The first kappa shape index (κ1) is 14.2. The summed E-state index contributed by atoms with van der Waals surface area (Å²) in [4.78, 5) is 7.34. The predicted molar refractivity (Wildman–Crippen MR) is 82.8 cm³/mol. The van der Waals surface area contributed by atoms with Crippen molar-refractivity contribution in [1.82, 2.24) is 10.3 Å². The van der Waals surface area contributed by atoms with Crippen LogP contribution in [0.2, 0.25) is 0 Å². The molecule has 0 bridgehead atoms. The molecule has 1 unspecified atom stereocenters. The number of rotatable bonds is 6. The number of aryl methyl sites for hydroxylation is 2. The molecule has 0 spiro atoms. The van der Waals surface area contributed by atoms with Crippen molar-refractivity contribution in [3.63, 3.8) is 0 Å². The average molecular weight is 274 g/mol. The van der Waals surface area contributed by atoms with Gasteiger partial charge < -0.3 is 5.32 Å². The van der Waals surface area contributed by atoms with Crippen molar-refractivity contribution in [1.29, 1.82) is 0 Å². The van der Waals surface area contributed by atoms with Crippen LogP contribution in [-0.4, -0.2) is 11.5 Å². The summed E-state index contributed by atoms with van der Waals surface area (Å²) in [6, 6.07) is 9.14. The largest absolute Gasteiger partial charge is 0.309 e. The fraction of sp³-hybridized carbons (Fsp3) is 0.438. The third kappa shape index (κ3) is 3.88. The Labute approximate surface area is 119 Å². The molecule has 0 fully saturated rings. The minimum Gasteiger partial charge on any atom is -0.309 e. The van der Waals surface area contributed by atoms with Crippen LogP contribution in [-0.2, 0) is 12.8 Å². The van der Waals surface area contributed by atoms with E-state index in [9.17, 15) is 0 Å². The van der Waals surface area contributed by atoms with Crippen LogP contribution in [0.4, 0.5) is 0 Å². The molecule has 2 aromatic heterocycles. The van der Waals surface area contributed by atoms with Crippen LogP contribution in [0.3, 0.4) is 0 Å². The van der Waals surface area contributed by atoms with Gasteiger partial charge in [-0.1, -0.05) is 19.9 Å². The number of pyridine rings is 1. The van der Waals surface area contributed by atoms with Crippen LogP contribution < -0.4 is 5.32 Å². The Kier molecular flexibility index (Phi) is 5.11. The second kappa shape index (κ2) is 6.83. The van der Waals surface area contributed by atoms with E-state index in [4.69, 9.17) is 0 Å². The molecule has 2 heterocycles. The topological polar surface area (TPSA) is 24.9 Å². The van der Waals surface area contributed by atoms with Gasteiger partial charge in [0.2, 0.25) is 0 Å². The maximum absolute atomic E-state index is 4.57. The third-order valence-corrected chi connectivity index (χ3v) is 4.38. The fourth-order valence-corrected chi connectivity index (χ4v) is 3.11. The molecule has 0 aromatic carbocycles. The Balaban J connectivity index is 2.11. The van der Waals surface area contributed by atoms with Gasteiger partial charge in [-0.25, -0.2) is 0 Å². The number of aromatic nitrogens is 1. The Bertz CT molecular complexity index is 502. The van der Waals surface area contributed by atoms with Gasteiger partial charge in [0.15, 0.2) is 0 Å². The van der Waals surface area contributed by atoms with Gasteiger partial charge >= 0.3 is 0 Å². The van der Waals surface area contributed by atoms with E-state index in [-0.39, 0.29) is 0 Å². The van der Waals surface area contributed by atoms with Crippen LogP contribution in [0.1, 0.15) is 40.9 Å². The van der Waals surface area contributed by atoms with Gasteiger partial charge in [0.1, 0.15) is 0 Å². The standard InChI is InChI=1S/C16H22N2S/c1-4-13-7-8-14(18-11-13)10-15(17-5-2)16-9-6-12(3)19-16/h6-9,11,15,17H,4-5,10H2,1-3H3. The summed E-state index contributed by atoms with van der Waals surface area (Å²) in [5.41, 5.74) is 2.46. The molecule has 0 radical (unpaired) electrons. The molecule has 1 atom stereocenters. The van der Waals surface area contributed by atoms with Crippen LogP contribution in [0.15, 0.2) is 30.5 Å². The fourth-order valence-electron chi connectivity index (χ4n) is 2.15. The van der Waals surface area contributed by atoms with Crippen LogP contribution in [0.25, 0.3) is 0 Å². The molecule has 2 rings (SSSR count). The molecule has 1 N–H and O–H groups in total. The van der Waals surface area contributed by atoms with Crippen molar-refractivity contribution in [3.8, 4) is 0 Å². The molecule has 19 heavy (non-hydrogen) atoms. The maximum atomic E-state index is 4.57. The lowest BCUT2D eigenvalue weighted by Gasteiger charge is -2.16. The molecule has 0 aliphatic carbocycles. The molecule has 102 valence electrons. The maximum Gasteiger partial charge on any atom is 0.0470 e. The van der Waals surface area contributed by atoms with Crippen LogP contribution in [0.5, 0.6) is 0 Å². The summed E-state index contributed by atoms with van der Waals surface area (Å²) >= 11 is 1.87. The second-order valence-corrected chi connectivity index (χ2v) is 6.09. The number of hydrogen-bond acceptors (Lipinski definition) is 3. The lowest BCUT2D eigenvalue weighted by molar-refractivity contribution is 0.552. The van der Waals surface area contributed by atoms with E-state index < -0.39 is 0 Å². The highest BCUT2D eigenvalue weighted by atomic mass is 32.1. The van der Waals surface area contributed by atoms with Crippen molar-refractivity contribution < 1.29 is 0 Å². The smallest absolute Gasteiger partial charge is 0.0470 e. The van der Waals surface area contributed by atoms with Crippen molar-refractivity contribution in [2.75, 3.05) is 6.54 Å². The minimum absolute atomic E-state index is 0.378. The first-order valence-corrected chi connectivity index (χ1v) is 7.78. The van der Waals surface area contributed by atoms with Crippen LogP contribution in [0, 0.1) is 6.92 Å². The molecule has 0 saturated heterocycles. The van der Waals surface area contributed by atoms with E-state index in [0.29, 0.717) is 6.04 Å². The lowest BCUT2D eigenvalue weighted by Crippen LogP contribution is -2.22. The average Bonchev–Trinajstić information content (AvgIpc) is 2.86. The summed E-state index contributed by atoms with van der Waals surface area (Å²) in [6.07, 6.45) is 4.00. The molecule has 0 aliphatic rings. The first-order chi connectivity index (χ1) is 9.22. The number of thiophene rings is 1. The van der Waals surface area contributed by atoms with E-state index in [1.54, 1.807) is 0 Å². The minimum atomic E-state index is 0.378. The highest BCUT2D eigenvalue weighted by molar-refractivity contribution is 7.12. The summed E-state index contributed by atoms with van der Waals surface area (Å²) < 4.78 is 0. The first-order valence-electron chi connectivity index (χ1n) is 6.96. The zero-order valence-corrected chi connectivity index (χ0v) is 12.8. The molecule has 0 amide bonds. The van der Waals surface area contributed by atoms with Crippen molar-refractivity contribution in [3.05, 3.63) is 51.5 Å². The van der Waals surface area contributed by atoms with Gasteiger partial charge in [0.05, 0.1) is 0 Å². The molecular weight excluding hydrogens is 252 g/mol. The number of nitrogens with zero attached hydrogens (tertiary/aromatic N) is 1. The summed E-state index contributed by atoms with van der Waals surface area (Å²) in [7, 11) is 0. The number of nitrogens with one attached hydrogen (secondary N) is 1. The van der Waals surface area contributed by atoms with E-state index in [1.165, 1.54) is 15.3 Å². The monoisotopic (exact) mass is 274 g/mol. The molecular formula is C16H22N2S. The van der Waals surface area contributed by atoms with Crippen molar-refractivity contribution in [2.45, 2.75) is 39.7 Å². The molecule has 0 aliphatic heterocycles. The Morgan fingerprint density at radius 3 is 2.58 bits per heavy atom. The van der Waals surface area contributed by atoms with Gasteiger partial charge in [-0.05, 0) is 43.7 Å². The second-order valence-electron chi connectivity index (χ2n) is 4.77. The van der Waals surface area contributed by atoms with Crippen LogP contribution >= 0.6 is 11.3 Å². The molecule has 2 nitrogen and oxygen atoms in total. The van der Waals surface area contributed by atoms with Crippen molar-refractivity contribution >= 4 is 11.3 Å². The molecule has 3 heteroatoms. The van der Waals surface area contributed by atoms with Gasteiger partial charge in [-0.2, -0.15) is 0 Å². The highest BCUT2D eigenvalue weighted by Crippen LogP contribution is 2.25. The normalized spacial score (nSPS) is 12.6. The van der Waals surface area contributed by atoms with E-state index in [1.807, 2.05) is 17.5 Å². The molecule has 0 saturated carbocycles. The number of likely N-dealkylation sites (N-methyl/N-ethyl adjacent to an activating group) is 1. The quantitative estimate of drug-likeness (QED) is 0.864. The molecule has 2 aromatic rings. The Morgan fingerprint density at radius 2 is 2.05 bits per heavy atom. The number of hydrogen-bond donors (Lipinski definition) is 1. The summed E-state index contributed by atoms with van der Waals surface area (Å²) in [5, 5.41) is 3.56. The van der Waals surface area contributed by atoms with E-state index in [2.05, 4.69) is 55.3 Å². The summed E-state index contributed by atoms with van der Waals surface area (Å²) in [5.74, 6) is 0. The zero-order chi connectivity index (χ0) is 13.7.